The summed E-state index contributed by atoms with van der Waals surface area (Å²) >= 11 is 0. The Bertz CT molecular complexity index is 1770. The number of aliphatic carboxylic acids is 2. The number of nitriles is 1. The fraction of sp³-hybridized carbons (Fsp3) is 0.656. The first-order chi connectivity index (χ1) is 24.2. The van der Waals surface area contributed by atoms with Crippen LogP contribution in [0.1, 0.15) is 73.4 Å². The van der Waals surface area contributed by atoms with Gasteiger partial charge in [0, 0.05) is 11.8 Å². The standard InChI is InChI=1S/C32H45N6O13P/c1-17(2)49-29(44)46-16-48-52(45,37-18(3)26(39)50-19-9-8-10-19)47-13-21-23(30(4,5)27(40)41)24(31(6,7)28(42)43)32(14-33,51-21)22-12-11-20-25(34)35-15-36-38(20)22/h11-12,15,17-19,21,23-24H,8-10,13,16H2,1-7H3,(H,37,45)(H,40,41)(H,42,43)(H2,34,35,36)/t18-,21-,23+,24+,32-,52?/m0/s1. The molecular weight excluding hydrogens is 707 g/mol. The van der Waals surface area contributed by atoms with Crippen LogP contribution in [0.2, 0.25) is 0 Å². The van der Waals surface area contributed by atoms with Crippen molar-refractivity contribution in [1.29, 1.82) is 5.26 Å². The molecule has 0 spiro atoms. The number of carbonyl (C=O) groups is 4. The number of carboxylic acids is 2. The number of nitrogen functional groups attached to an aromatic ring is 1. The molecule has 2 aliphatic rings. The van der Waals surface area contributed by atoms with Crippen molar-refractivity contribution in [3.63, 3.8) is 0 Å². The molecule has 1 aliphatic heterocycles. The Hall–Kier alpha value is -4.34. The van der Waals surface area contributed by atoms with Crippen molar-refractivity contribution >= 4 is 43.1 Å². The van der Waals surface area contributed by atoms with Gasteiger partial charge in [-0.15, -0.1) is 0 Å². The van der Waals surface area contributed by atoms with E-state index in [1.807, 2.05) is 0 Å². The van der Waals surface area contributed by atoms with E-state index in [1.165, 1.54) is 51.3 Å². The maximum Gasteiger partial charge on any atom is 0.510 e. The summed E-state index contributed by atoms with van der Waals surface area (Å²) < 4.78 is 48.3. The zero-order chi connectivity index (χ0) is 38.8. The Labute approximate surface area is 299 Å². The molecule has 52 heavy (non-hydrogen) atoms. The van der Waals surface area contributed by atoms with Gasteiger partial charge >= 0.3 is 31.8 Å². The molecule has 0 bridgehead atoms. The second kappa shape index (κ2) is 15.3. The fourth-order valence-corrected chi connectivity index (χ4v) is 7.75. The number of fused-ring (bicyclic) bond motifs is 1. The maximum absolute atomic E-state index is 14.2. The lowest BCUT2D eigenvalue weighted by molar-refractivity contribution is -0.161. The number of carbonyl (C=O) groups excluding carboxylic acids is 2. The largest absolute Gasteiger partial charge is 0.510 e. The third kappa shape index (κ3) is 8.01. The van der Waals surface area contributed by atoms with Crippen molar-refractivity contribution < 1.29 is 62.0 Å². The van der Waals surface area contributed by atoms with Gasteiger partial charge in [0.25, 0.3) is 0 Å². The summed E-state index contributed by atoms with van der Waals surface area (Å²) in [7, 11) is -4.70. The van der Waals surface area contributed by atoms with E-state index in [9.17, 15) is 39.2 Å². The molecule has 0 radical (unpaired) electrons. The minimum atomic E-state index is -4.70. The number of ether oxygens (including phenoxy) is 4. The quantitative estimate of drug-likeness (QED) is 0.108. The molecule has 1 saturated carbocycles. The molecule has 5 N–H and O–H groups in total. The van der Waals surface area contributed by atoms with E-state index in [1.54, 1.807) is 13.8 Å². The topological polar surface area (TPSA) is 273 Å². The highest BCUT2D eigenvalue weighted by molar-refractivity contribution is 7.51. The molecule has 1 aliphatic carbocycles. The smallest absolute Gasteiger partial charge is 0.481 e. The third-order valence-electron chi connectivity index (χ3n) is 9.46. The van der Waals surface area contributed by atoms with Crippen molar-refractivity contribution in [2.75, 3.05) is 19.1 Å². The summed E-state index contributed by atoms with van der Waals surface area (Å²) in [6.07, 6.45) is -0.141. The molecule has 2 aromatic rings. The number of nitrogens with two attached hydrogens (primary N) is 1. The number of nitrogens with zero attached hydrogens (tertiary/aromatic N) is 4. The first-order valence-corrected chi connectivity index (χ1v) is 18.1. The maximum atomic E-state index is 14.2. The molecular formula is C32H45N6O13P. The van der Waals surface area contributed by atoms with Crippen molar-refractivity contribution in [3.05, 3.63) is 24.2 Å². The zero-order valence-corrected chi connectivity index (χ0v) is 30.8. The summed E-state index contributed by atoms with van der Waals surface area (Å²) in [5, 5.41) is 38.6. The molecule has 0 aromatic carbocycles. The van der Waals surface area contributed by atoms with Crippen LogP contribution in [-0.4, -0.2) is 86.6 Å². The van der Waals surface area contributed by atoms with Gasteiger partial charge in [0.1, 0.15) is 30.1 Å². The summed E-state index contributed by atoms with van der Waals surface area (Å²) in [6, 6.07) is 3.77. The SMILES string of the molecule is CC(C)OC(=O)OCOP(=O)(N[C@@H](C)C(=O)OC1CCC1)OC[C@@H]1O[C@@](C#N)(c2ccc3c(N)ncnn23)[C@@H](C(C)(C)C(=O)O)[C@@H]1C(C)(C)C(=O)O. The normalized spacial score (nSPS) is 24.0. The number of carboxylic acid groups (broad SMARTS) is 2. The summed E-state index contributed by atoms with van der Waals surface area (Å²) in [5.74, 6) is -6.24. The summed E-state index contributed by atoms with van der Waals surface area (Å²) in [5.41, 5.74) is 0.447. The van der Waals surface area contributed by atoms with E-state index >= 15 is 0 Å². The summed E-state index contributed by atoms with van der Waals surface area (Å²) in [4.78, 5) is 54.6. The molecule has 0 amide bonds. The van der Waals surface area contributed by atoms with Crippen LogP contribution in [0, 0.1) is 34.0 Å². The Morgan fingerprint density at radius 1 is 1.13 bits per heavy atom. The molecule has 2 fully saturated rings. The molecule has 6 atom stereocenters. The van der Waals surface area contributed by atoms with Crippen LogP contribution in [0.25, 0.3) is 5.52 Å². The van der Waals surface area contributed by atoms with Crippen LogP contribution in [0.3, 0.4) is 0 Å². The van der Waals surface area contributed by atoms with Crippen LogP contribution in [0.4, 0.5) is 10.6 Å². The third-order valence-corrected chi connectivity index (χ3v) is 11.1. The van der Waals surface area contributed by atoms with Gasteiger partial charge < -0.3 is 34.9 Å². The summed E-state index contributed by atoms with van der Waals surface area (Å²) in [6.45, 7) is 8.09. The Morgan fingerprint density at radius 2 is 1.79 bits per heavy atom. The van der Waals surface area contributed by atoms with Crippen molar-refractivity contribution in [3.8, 4) is 6.07 Å². The van der Waals surface area contributed by atoms with Gasteiger partial charge in [0.2, 0.25) is 12.4 Å². The Balaban J connectivity index is 1.78. The molecule has 1 saturated heterocycles. The van der Waals surface area contributed by atoms with E-state index in [4.69, 9.17) is 33.7 Å². The molecule has 4 rings (SSSR count). The van der Waals surface area contributed by atoms with Gasteiger partial charge in [0.15, 0.2) is 5.82 Å². The average Bonchev–Trinajstić information content (AvgIpc) is 3.63. The van der Waals surface area contributed by atoms with Crippen LogP contribution in [0.5, 0.6) is 0 Å². The second-order valence-corrected chi connectivity index (χ2v) is 15.9. The van der Waals surface area contributed by atoms with Crippen LogP contribution >= 0.6 is 7.75 Å². The number of rotatable bonds is 16. The first-order valence-electron chi connectivity index (χ1n) is 16.6. The molecule has 19 nitrogen and oxygen atoms in total. The van der Waals surface area contributed by atoms with Gasteiger partial charge in [-0.3, -0.25) is 23.4 Å². The van der Waals surface area contributed by atoms with Gasteiger partial charge in [-0.25, -0.2) is 23.9 Å². The lowest BCUT2D eigenvalue weighted by Gasteiger charge is -2.42. The van der Waals surface area contributed by atoms with Crippen LogP contribution in [0.15, 0.2) is 18.5 Å². The number of hydrogen-bond acceptors (Lipinski definition) is 15. The Kier molecular flexibility index (Phi) is 11.9. The van der Waals surface area contributed by atoms with E-state index in [2.05, 4.69) is 21.2 Å². The van der Waals surface area contributed by atoms with E-state index in [0.29, 0.717) is 12.8 Å². The van der Waals surface area contributed by atoms with E-state index in [-0.39, 0.29) is 23.1 Å². The number of hydrogen-bond donors (Lipinski definition) is 4. The average molecular weight is 753 g/mol. The lowest BCUT2D eigenvalue weighted by Crippen LogP contribution is -2.51. The number of anilines is 1. The van der Waals surface area contributed by atoms with Crippen molar-refractivity contribution in [1.82, 2.24) is 19.7 Å². The highest BCUT2D eigenvalue weighted by atomic mass is 31.2. The van der Waals surface area contributed by atoms with Gasteiger partial charge in [-0.2, -0.15) is 10.4 Å². The van der Waals surface area contributed by atoms with Crippen molar-refractivity contribution in [2.24, 2.45) is 22.7 Å². The van der Waals surface area contributed by atoms with Gasteiger partial charge in [-0.1, -0.05) is 0 Å². The molecule has 286 valence electrons. The predicted octanol–water partition coefficient (Wildman–Crippen LogP) is 3.62. The lowest BCUT2D eigenvalue weighted by atomic mass is 9.57. The Morgan fingerprint density at radius 3 is 2.35 bits per heavy atom. The number of aromatic nitrogens is 3. The monoisotopic (exact) mass is 752 g/mol. The minimum Gasteiger partial charge on any atom is -0.481 e. The number of esters is 1. The van der Waals surface area contributed by atoms with E-state index < -0.39 is 91.7 Å². The fourth-order valence-electron chi connectivity index (χ4n) is 6.41. The molecule has 2 aromatic heterocycles. The zero-order valence-electron chi connectivity index (χ0n) is 29.9. The van der Waals surface area contributed by atoms with Crippen molar-refractivity contribution in [2.45, 2.75) is 97.7 Å². The molecule has 1 unspecified atom stereocenters. The highest BCUT2D eigenvalue weighted by Gasteiger charge is 2.68. The van der Waals surface area contributed by atoms with E-state index in [0.717, 1.165) is 12.7 Å². The van der Waals surface area contributed by atoms with Crippen LogP contribution in [-0.2, 0) is 52.5 Å². The van der Waals surface area contributed by atoms with Gasteiger partial charge in [0.05, 0.1) is 35.3 Å². The van der Waals surface area contributed by atoms with Gasteiger partial charge in [-0.05, 0) is 79.9 Å². The first kappa shape index (κ1) is 40.4. The predicted molar refractivity (Wildman–Crippen MR) is 178 cm³/mol. The number of nitrogens with one attached hydrogen (secondary N) is 1. The molecule has 3 heterocycles. The minimum absolute atomic E-state index is 0.0223. The second-order valence-electron chi connectivity index (χ2n) is 14.2. The molecule has 20 heteroatoms. The van der Waals surface area contributed by atoms with Crippen LogP contribution < -0.4 is 10.8 Å². The highest BCUT2D eigenvalue weighted by Crippen LogP contribution is 2.60.